The van der Waals surface area contributed by atoms with Gasteiger partial charge in [0.2, 0.25) is 0 Å². The lowest BCUT2D eigenvalue weighted by Crippen LogP contribution is -2.35. The fourth-order valence-corrected chi connectivity index (χ4v) is 2.36. The van der Waals surface area contributed by atoms with E-state index in [1.165, 1.54) is 0 Å². The summed E-state index contributed by atoms with van der Waals surface area (Å²) in [4.78, 5) is 37.5. The molecule has 0 radical (unpaired) electrons. The molecule has 2 amide bonds. The molecule has 0 spiro atoms. The molecule has 0 atom stereocenters. The van der Waals surface area contributed by atoms with Gasteiger partial charge in [0.25, 0.3) is 11.8 Å². The molecule has 3 N–H and O–H groups in total. The van der Waals surface area contributed by atoms with Gasteiger partial charge in [-0.3, -0.25) is 14.4 Å². The van der Waals surface area contributed by atoms with Crippen molar-refractivity contribution in [1.82, 2.24) is 10.6 Å². The van der Waals surface area contributed by atoms with Crippen LogP contribution in [0.3, 0.4) is 0 Å². The highest BCUT2D eigenvalue weighted by atomic mass is 16.4. The highest BCUT2D eigenvalue weighted by molar-refractivity contribution is 6.05. The Kier molecular flexibility index (Phi) is 7.33. The molecule has 7 heteroatoms. The third-order valence-electron chi connectivity index (χ3n) is 3.87. The molecule has 146 valence electrons. The van der Waals surface area contributed by atoms with Crippen LogP contribution in [0.2, 0.25) is 0 Å². The van der Waals surface area contributed by atoms with E-state index in [2.05, 4.69) is 10.6 Å². The zero-order valence-electron chi connectivity index (χ0n) is 15.8. The van der Waals surface area contributed by atoms with E-state index in [4.69, 9.17) is 5.11 Å². The van der Waals surface area contributed by atoms with Gasteiger partial charge in [-0.05, 0) is 35.9 Å². The molecule has 0 aliphatic carbocycles. The smallest absolute Gasteiger partial charge is 0.305 e. The van der Waals surface area contributed by atoms with Crippen LogP contribution in [0.25, 0.3) is 6.08 Å². The van der Waals surface area contributed by atoms with Crippen molar-refractivity contribution in [3.63, 3.8) is 0 Å². The maximum atomic E-state index is 12.5. The Labute approximate surface area is 163 Å². The van der Waals surface area contributed by atoms with Crippen molar-refractivity contribution in [3.8, 4) is 0 Å². The summed E-state index contributed by atoms with van der Waals surface area (Å²) < 4.78 is 0. The molecule has 0 aliphatic heterocycles. The molecule has 0 heterocycles. The van der Waals surface area contributed by atoms with E-state index in [1.54, 1.807) is 36.4 Å². The SMILES string of the molecule is CN(C)c1ccc(C=C(NC(=O)c2ccccc2)C(=O)NCCC(=O)O)cc1. The molecule has 2 rings (SSSR count). The van der Waals surface area contributed by atoms with Crippen molar-refractivity contribution in [3.05, 3.63) is 71.4 Å². The van der Waals surface area contributed by atoms with Gasteiger partial charge in [-0.25, -0.2) is 0 Å². The van der Waals surface area contributed by atoms with Gasteiger partial charge in [-0.2, -0.15) is 0 Å². The molecular weight excluding hydrogens is 358 g/mol. The monoisotopic (exact) mass is 381 g/mol. The van der Waals surface area contributed by atoms with Gasteiger partial charge in [-0.15, -0.1) is 0 Å². The lowest BCUT2D eigenvalue weighted by molar-refractivity contribution is -0.136. The van der Waals surface area contributed by atoms with Crippen LogP contribution in [0.4, 0.5) is 5.69 Å². The first kappa shape index (κ1) is 20.7. The molecular formula is C21H23N3O4. The number of anilines is 1. The zero-order valence-corrected chi connectivity index (χ0v) is 15.8. The van der Waals surface area contributed by atoms with Crippen LogP contribution >= 0.6 is 0 Å². The molecule has 0 saturated heterocycles. The molecule has 2 aromatic carbocycles. The van der Waals surface area contributed by atoms with E-state index in [1.807, 2.05) is 43.3 Å². The summed E-state index contributed by atoms with van der Waals surface area (Å²) >= 11 is 0. The number of nitrogens with one attached hydrogen (secondary N) is 2. The first-order chi connectivity index (χ1) is 13.4. The van der Waals surface area contributed by atoms with E-state index >= 15 is 0 Å². The highest BCUT2D eigenvalue weighted by Gasteiger charge is 2.14. The zero-order chi connectivity index (χ0) is 20.5. The minimum Gasteiger partial charge on any atom is -0.481 e. The minimum absolute atomic E-state index is 0.0354. The van der Waals surface area contributed by atoms with Crippen molar-refractivity contribution in [2.75, 3.05) is 25.5 Å². The average Bonchev–Trinajstić information content (AvgIpc) is 2.68. The van der Waals surface area contributed by atoms with E-state index in [9.17, 15) is 14.4 Å². The number of nitrogens with zero attached hydrogens (tertiary/aromatic N) is 1. The molecule has 0 unspecified atom stereocenters. The van der Waals surface area contributed by atoms with Crippen molar-refractivity contribution >= 4 is 29.5 Å². The van der Waals surface area contributed by atoms with Crippen molar-refractivity contribution < 1.29 is 19.5 Å². The van der Waals surface area contributed by atoms with E-state index in [0.717, 1.165) is 11.3 Å². The van der Waals surface area contributed by atoms with Crippen LogP contribution in [0, 0.1) is 0 Å². The molecule has 2 aromatic rings. The Bertz CT molecular complexity index is 859. The van der Waals surface area contributed by atoms with Gasteiger partial charge in [0.05, 0.1) is 6.42 Å². The molecule has 0 aliphatic rings. The summed E-state index contributed by atoms with van der Waals surface area (Å²) in [6, 6.07) is 16.0. The topological polar surface area (TPSA) is 98.7 Å². The summed E-state index contributed by atoms with van der Waals surface area (Å²) in [7, 11) is 3.85. The minimum atomic E-state index is -1.02. The predicted octanol–water partition coefficient (Wildman–Crippen LogP) is 2.11. The van der Waals surface area contributed by atoms with Crippen molar-refractivity contribution in [2.24, 2.45) is 0 Å². The van der Waals surface area contributed by atoms with Crippen LogP contribution in [0.15, 0.2) is 60.3 Å². The van der Waals surface area contributed by atoms with Crippen LogP contribution in [-0.2, 0) is 9.59 Å². The third-order valence-corrected chi connectivity index (χ3v) is 3.87. The van der Waals surface area contributed by atoms with Crippen molar-refractivity contribution in [2.45, 2.75) is 6.42 Å². The van der Waals surface area contributed by atoms with Crippen LogP contribution in [0.1, 0.15) is 22.3 Å². The fraction of sp³-hybridized carbons (Fsp3) is 0.190. The van der Waals surface area contributed by atoms with E-state index in [0.29, 0.717) is 5.56 Å². The number of carbonyl (C=O) groups is 3. The van der Waals surface area contributed by atoms with Crippen LogP contribution < -0.4 is 15.5 Å². The number of amides is 2. The lowest BCUT2D eigenvalue weighted by Gasteiger charge is -2.13. The molecule has 28 heavy (non-hydrogen) atoms. The first-order valence-corrected chi connectivity index (χ1v) is 8.72. The Balaban J connectivity index is 2.22. The number of carboxylic acids is 1. The molecule has 0 bridgehead atoms. The highest BCUT2D eigenvalue weighted by Crippen LogP contribution is 2.14. The normalized spacial score (nSPS) is 10.9. The summed E-state index contributed by atoms with van der Waals surface area (Å²) in [5.41, 5.74) is 2.17. The molecule has 0 saturated carbocycles. The maximum Gasteiger partial charge on any atom is 0.305 e. The molecule has 0 fully saturated rings. The van der Waals surface area contributed by atoms with Gasteiger partial charge >= 0.3 is 5.97 Å². The van der Waals surface area contributed by atoms with Gasteiger partial charge < -0.3 is 20.6 Å². The number of hydrogen-bond donors (Lipinski definition) is 3. The second kappa shape index (κ2) is 9.91. The summed E-state index contributed by atoms with van der Waals surface area (Å²) in [5.74, 6) is -1.99. The van der Waals surface area contributed by atoms with Gasteiger partial charge in [0, 0.05) is 31.9 Å². The Morgan fingerprint density at radius 3 is 2.21 bits per heavy atom. The van der Waals surface area contributed by atoms with Gasteiger partial charge in [0.1, 0.15) is 5.70 Å². The number of aliphatic carboxylic acids is 1. The maximum absolute atomic E-state index is 12.5. The largest absolute Gasteiger partial charge is 0.481 e. The Morgan fingerprint density at radius 2 is 1.64 bits per heavy atom. The molecule has 7 nitrogen and oxygen atoms in total. The Morgan fingerprint density at radius 1 is 1.00 bits per heavy atom. The standard InChI is InChI=1S/C21H23N3O4/c1-24(2)17-10-8-15(9-11-17)14-18(21(28)22-13-12-19(25)26)23-20(27)16-6-4-3-5-7-16/h3-11,14H,12-13H2,1-2H3,(H,22,28)(H,23,27)(H,25,26). The predicted molar refractivity (Wildman–Crippen MR) is 108 cm³/mol. The summed E-state index contributed by atoms with van der Waals surface area (Å²) in [6.07, 6.45) is 1.35. The number of rotatable bonds is 8. The second-order valence-corrected chi connectivity index (χ2v) is 6.26. The summed E-state index contributed by atoms with van der Waals surface area (Å²) in [5, 5.41) is 13.8. The van der Waals surface area contributed by atoms with Crippen LogP contribution in [0.5, 0.6) is 0 Å². The third kappa shape index (κ3) is 6.28. The molecule has 0 aromatic heterocycles. The number of benzene rings is 2. The number of carbonyl (C=O) groups excluding carboxylic acids is 2. The first-order valence-electron chi connectivity index (χ1n) is 8.72. The van der Waals surface area contributed by atoms with Gasteiger partial charge in [0.15, 0.2) is 0 Å². The quantitative estimate of drug-likeness (QED) is 0.609. The number of hydrogen-bond acceptors (Lipinski definition) is 4. The number of carboxylic acid groups (broad SMARTS) is 1. The average molecular weight is 381 g/mol. The summed E-state index contributed by atoms with van der Waals surface area (Å²) in [6.45, 7) is -0.0354. The second-order valence-electron chi connectivity index (χ2n) is 6.26. The van der Waals surface area contributed by atoms with Crippen LogP contribution in [-0.4, -0.2) is 43.5 Å². The lowest BCUT2D eigenvalue weighted by atomic mass is 10.1. The van der Waals surface area contributed by atoms with Crippen molar-refractivity contribution in [1.29, 1.82) is 0 Å². The Hall–Kier alpha value is -3.61. The van der Waals surface area contributed by atoms with E-state index < -0.39 is 17.8 Å². The van der Waals surface area contributed by atoms with E-state index in [-0.39, 0.29) is 18.7 Å². The fourth-order valence-electron chi connectivity index (χ4n) is 2.36. The van der Waals surface area contributed by atoms with Gasteiger partial charge in [-0.1, -0.05) is 30.3 Å².